The van der Waals surface area contributed by atoms with E-state index in [0.717, 1.165) is 37.9 Å². The Labute approximate surface area is 149 Å². The lowest BCUT2D eigenvalue weighted by Crippen LogP contribution is -2.63. The number of hydrogen-bond donors (Lipinski definition) is 2. The van der Waals surface area contributed by atoms with E-state index in [0.29, 0.717) is 6.54 Å². The number of carbonyl (C=O) groups is 1. The molecule has 5 heteroatoms. The number of H-pyrrole nitrogens is 1. The van der Waals surface area contributed by atoms with Crippen molar-refractivity contribution < 1.29 is 4.79 Å². The van der Waals surface area contributed by atoms with Crippen molar-refractivity contribution in [3.63, 3.8) is 0 Å². The molecule has 0 saturated heterocycles. The number of carbonyl (C=O) groups excluding carboxylic acids is 1. The maximum atomic E-state index is 12.9. The predicted octanol–water partition coefficient (Wildman–Crippen LogP) is 1.91. The molecule has 1 amide bonds. The molecule has 2 atom stereocenters. The largest absolute Gasteiger partial charge is 0.364 e. The van der Waals surface area contributed by atoms with Crippen LogP contribution in [0.1, 0.15) is 37.1 Å². The molecule has 0 radical (unpaired) electrons. The van der Waals surface area contributed by atoms with Gasteiger partial charge in [-0.2, -0.15) is 0 Å². The SMILES string of the molecule is CCN(CC)C(=O)C1C=C2C3=CCCc4[nH]cc(c43)C[C@@]2(N)N(C)C1. The minimum Gasteiger partial charge on any atom is -0.364 e. The molecular weight excluding hydrogens is 312 g/mol. The number of likely N-dealkylation sites (N-methyl/N-ethyl adjacent to an activating group) is 1. The van der Waals surface area contributed by atoms with Crippen LogP contribution in [-0.4, -0.2) is 53.0 Å². The molecule has 0 spiro atoms. The Kier molecular flexibility index (Phi) is 3.89. The smallest absolute Gasteiger partial charge is 0.230 e. The highest BCUT2D eigenvalue weighted by Gasteiger charge is 2.47. The highest BCUT2D eigenvalue weighted by Crippen LogP contribution is 2.47. The topological polar surface area (TPSA) is 65.4 Å². The van der Waals surface area contributed by atoms with Gasteiger partial charge >= 0.3 is 0 Å². The number of aromatic nitrogens is 1. The fourth-order valence-electron chi connectivity index (χ4n) is 4.72. The summed E-state index contributed by atoms with van der Waals surface area (Å²) >= 11 is 0. The molecule has 1 aromatic heterocycles. The summed E-state index contributed by atoms with van der Waals surface area (Å²) < 4.78 is 0. The van der Waals surface area contributed by atoms with Crippen LogP contribution in [0.2, 0.25) is 0 Å². The molecule has 25 heavy (non-hydrogen) atoms. The maximum absolute atomic E-state index is 12.9. The van der Waals surface area contributed by atoms with Crippen LogP contribution >= 0.6 is 0 Å². The van der Waals surface area contributed by atoms with Gasteiger partial charge in [-0.25, -0.2) is 0 Å². The van der Waals surface area contributed by atoms with Gasteiger partial charge in [0.25, 0.3) is 0 Å². The van der Waals surface area contributed by atoms with Gasteiger partial charge in [-0.3, -0.25) is 9.69 Å². The Morgan fingerprint density at radius 1 is 1.44 bits per heavy atom. The van der Waals surface area contributed by atoms with Crippen LogP contribution in [0.5, 0.6) is 0 Å². The number of aromatic amines is 1. The van der Waals surface area contributed by atoms with Crippen molar-refractivity contribution >= 4 is 11.5 Å². The Hall–Kier alpha value is -1.85. The molecule has 4 rings (SSSR count). The average Bonchev–Trinajstić information content (AvgIpc) is 3.01. The van der Waals surface area contributed by atoms with Crippen LogP contribution in [0.3, 0.4) is 0 Å². The monoisotopic (exact) mass is 340 g/mol. The van der Waals surface area contributed by atoms with Gasteiger partial charge in [0, 0.05) is 43.5 Å². The number of hydrogen-bond acceptors (Lipinski definition) is 3. The summed E-state index contributed by atoms with van der Waals surface area (Å²) in [5.41, 5.74) is 12.7. The minimum atomic E-state index is -0.518. The van der Waals surface area contributed by atoms with Gasteiger partial charge in [-0.15, -0.1) is 0 Å². The van der Waals surface area contributed by atoms with Crippen molar-refractivity contribution in [2.24, 2.45) is 11.7 Å². The highest BCUT2D eigenvalue weighted by atomic mass is 16.2. The number of allylic oxidation sites excluding steroid dienone is 1. The van der Waals surface area contributed by atoms with E-state index in [1.54, 1.807) is 0 Å². The van der Waals surface area contributed by atoms with E-state index in [9.17, 15) is 4.79 Å². The molecule has 1 aromatic rings. The van der Waals surface area contributed by atoms with Crippen molar-refractivity contribution in [2.75, 3.05) is 26.7 Å². The van der Waals surface area contributed by atoms with Gasteiger partial charge in [0.15, 0.2) is 0 Å². The van der Waals surface area contributed by atoms with Crippen LogP contribution in [0, 0.1) is 5.92 Å². The Morgan fingerprint density at radius 3 is 2.92 bits per heavy atom. The summed E-state index contributed by atoms with van der Waals surface area (Å²) in [6.07, 6.45) is 9.47. The lowest BCUT2D eigenvalue weighted by Gasteiger charge is -2.49. The van der Waals surface area contributed by atoms with Crippen LogP contribution in [-0.2, 0) is 17.6 Å². The first kappa shape index (κ1) is 16.6. The molecule has 0 bridgehead atoms. The van der Waals surface area contributed by atoms with Crippen LogP contribution < -0.4 is 5.73 Å². The van der Waals surface area contributed by atoms with E-state index in [2.05, 4.69) is 35.3 Å². The normalized spacial score (nSPS) is 27.9. The van der Waals surface area contributed by atoms with Gasteiger partial charge in [0.1, 0.15) is 0 Å². The summed E-state index contributed by atoms with van der Waals surface area (Å²) in [5.74, 6) is 0.0891. The Balaban J connectivity index is 1.80. The number of nitrogens with two attached hydrogens (primary N) is 1. The van der Waals surface area contributed by atoms with Gasteiger partial charge in [-0.05, 0) is 50.4 Å². The van der Waals surface area contributed by atoms with Gasteiger partial charge in [0.2, 0.25) is 5.91 Å². The number of rotatable bonds is 3. The van der Waals surface area contributed by atoms with Gasteiger partial charge in [0.05, 0.1) is 11.6 Å². The third-order valence-corrected chi connectivity index (χ3v) is 6.18. The second-order valence-corrected chi connectivity index (χ2v) is 7.50. The summed E-state index contributed by atoms with van der Waals surface area (Å²) in [5, 5.41) is 0. The minimum absolute atomic E-state index is 0.122. The first-order chi connectivity index (χ1) is 12.0. The first-order valence-electron chi connectivity index (χ1n) is 9.40. The summed E-state index contributed by atoms with van der Waals surface area (Å²) in [4.78, 5) is 20.5. The lowest BCUT2D eigenvalue weighted by atomic mass is 9.71. The second kappa shape index (κ2) is 5.85. The predicted molar refractivity (Wildman–Crippen MR) is 99.8 cm³/mol. The third kappa shape index (κ3) is 2.33. The molecule has 134 valence electrons. The zero-order valence-corrected chi connectivity index (χ0v) is 15.4. The van der Waals surface area contributed by atoms with Crippen molar-refractivity contribution in [1.29, 1.82) is 0 Å². The second-order valence-electron chi connectivity index (χ2n) is 7.50. The van der Waals surface area contributed by atoms with E-state index in [1.807, 2.05) is 18.7 Å². The van der Waals surface area contributed by atoms with E-state index >= 15 is 0 Å². The van der Waals surface area contributed by atoms with E-state index in [1.165, 1.54) is 22.4 Å². The number of nitrogens with zero attached hydrogens (tertiary/aromatic N) is 2. The first-order valence-corrected chi connectivity index (χ1v) is 9.40. The van der Waals surface area contributed by atoms with Crippen molar-refractivity contribution in [3.05, 3.63) is 40.7 Å². The van der Waals surface area contributed by atoms with Gasteiger partial charge in [-0.1, -0.05) is 12.2 Å². The summed E-state index contributed by atoms with van der Waals surface area (Å²) in [6, 6.07) is 0. The van der Waals surface area contributed by atoms with E-state index in [-0.39, 0.29) is 11.8 Å². The molecule has 1 unspecified atom stereocenters. The molecule has 5 nitrogen and oxygen atoms in total. The van der Waals surface area contributed by atoms with Crippen molar-refractivity contribution in [2.45, 2.75) is 38.8 Å². The number of fused-ring (bicyclic) bond motifs is 2. The Bertz CT molecular complexity index is 771. The zero-order chi connectivity index (χ0) is 17.8. The highest BCUT2D eigenvalue weighted by molar-refractivity contribution is 5.90. The number of aryl methyl sites for hydroxylation is 1. The molecule has 2 heterocycles. The molecule has 0 saturated carbocycles. The van der Waals surface area contributed by atoms with Crippen molar-refractivity contribution in [3.8, 4) is 0 Å². The van der Waals surface area contributed by atoms with Crippen LogP contribution in [0.25, 0.3) is 5.57 Å². The molecule has 3 N–H and O–H groups in total. The number of nitrogens with one attached hydrogen (secondary N) is 1. The molecule has 1 aliphatic heterocycles. The molecular formula is C20H28N4O. The van der Waals surface area contributed by atoms with E-state index < -0.39 is 5.66 Å². The Morgan fingerprint density at radius 2 is 2.20 bits per heavy atom. The number of amides is 1. The van der Waals surface area contributed by atoms with E-state index in [4.69, 9.17) is 5.73 Å². The van der Waals surface area contributed by atoms with Crippen LogP contribution in [0.15, 0.2) is 23.9 Å². The molecule has 0 fully saturated rings. The summed E-state index contributed by atoms with van der Waals surface area (Å²) in [6.45, 7) is 6.26. The molecule has 2 aliphatic carbocycles. The maximum Gasteiger partial charge on any atom is 0.230 e. The lowest BCUT2D eigenvalue weighted by molar-refractivity contribution is -0.134. The molecule has 0 aromatic carbocycles. The van der Waals surface area contributed by atoms with Crippen LogP contribution in [0.4, 0.5) is 0 Å². The molecule has 3 aliphatic rings. The standard InChI is InChI=1S/C20H28N4O/c1-4-24(5-2)19(25)13-9-16-15-7-6-8-17-18(15)14(11-22-17)10-20(16,21)23(3)12-13/h7,9,11,13,22H,4-6,8,10,12,21H2,1-3H3/t13?,20-/m1/s1. The quantitative estimate of drug-likeness (QED) is 0.883. The van der Waals surface area contributed by atoms with Gasteiger partial charge < -0.3 is 15.6 Å². The zero-order valence-electron chi connectivity index (χ0n) is 15.4. The van der Waals surface area contributed by atoms with Crippen molar-refractivity contribution in [1.82, 2.24) is 14.8 Å². The fraction of sp³-hybridized carbons (Fsp3) is 0.550. The third-order valence-electron chi connectivity index (χ3n) is 6.18. The average molecular weight is 340 g/mol. The fourth-order valence-corrected chi connectivity index (χ4v) is 4.72. The summed E-state index contributed by atoms with van der Waals surface area (Å²) in [7, 11) is 2.05.